The Hall–Kier alpha value is -1.52. The number of rotatable bonds is 5. The highest BCUT2D eigenvalue weighted by Crippen LogP contribution is 2.20. The van der Waals surface area contributed by atoms with Crippen LogP contribution in [0.4, 0.5) is 10.1 Å². The van der Waals surface area contributed by atoms with Crippen LogP contribution in [0.2, 0.25) is 0 Å². The minimum atomic E-state index is -3.78. The van der Waals surface area contributed by atoms with Gasteiger partial charge in [0.15, 0.2) is 9.84 Å². The third kappa shape index (κ3) is 4.72. The molecule has 1 aliphatic rings. The van der Waals surface area contributed by atoms with Crippen LogP contribution in [0, 0.1) is 5.82 Å². The van der Waals surface area contributed by atoms with Gasteiger partial charge >= 0.3 is 0 Å². The molecule has 10 heteroatoms. The second kappa shape index (κ2) is 6.54. The van der Waals surface area contributed by atoms with E-state index in [1.54, 1.807) is 0 Å². The van der Waals surface area contributed by atoms with Crippen molar-refractivity contribution < 1.29 is 26.0 Å². The number of carbonyl (C=O) groups excluding carboxylic acids is 1. The third-order valence-corrected chi connectivity index (χ3v) is 6.52. The number of benzene rings is 1. The maximum atomic E-state index is 13.5. The van der Waals surface area contributed by atoms with Gasteiger partial charge in [-0.1, -0.05) is 12.1 Å². The lowest BCUT2D eigenvalue weighted by Gasteiger charge is -2.24. The molecule has 7 nitrogen and oxygen atoms in total. The van der Waals surface area contributed by atoms with Crippen molar-refractivity contribution in [1.29, 1.82) is 0 Å². The SMILES string of the molecule is CS(=O)(=O)N(CC(=O)Nc1ccccc1F)C1CCS(=O)(=O)C1. The van der Waals surface area contributed by atoms with Crippen molar-refractivity contribution in [3.8, 4) is 0 Å². The van der Waals surface area contributed by atoms with Crippen LogP contribution in [-0.2, 0) is 24.7 Å². The smallest absolute Gasteiger partial charge is 0.239 e. The molecule has 0 aliphatic carbocycles. The number of amides is 1. The topological polar surface area (TPSA) is 101 Å². The second-order valence-corrected chi connectivity index (χ2v) is 9.56. The zero-order valence-electron chi connectivity index (χ0n) is 12.4. The molecule has 1 aromatic carbocycles. The predicted molar refractivity (Wildman–Crippen MR) is 83.6 cm³/mol. The fourth-order valence-corrected chi connectivity index (χ4v) is 5.31. The Bertz CT molecular complexity index is 807. The number of anilines is 1. The number of nitrogens with one attached hydrogen (secondary N) is 1. The van der Waals surface area contributed by atoms with E-state index in [1.807, 2.05) is 0 Å². The minimum Gasteiger partial charge on any atom is -0.322 e. The van der Waals surface area contributed by atoms with Crippen LogP contribution in [0.25, 0.3) is 0 Å². The van der Waals surface area contributed by atoms with E-state index in [9.17, 15) is 26.0 Å². The molecule has 0 radical (unpaired) electrons. The van der Waals surface area contributed by atoms with Crippen molar-refractivity contribution in [2.24, 2.45) is 0 Å². The van der Waals surface area contributed by atoms with E-state index < -0.39 is 44.2 Å². The van der Waals surface area contributed by atoms with Crippen molar-refractivity contribution in [3.63, 3.8) is 0 Å². The summed E-state index contributed by atoms with van der Waals surface area (Å²) in [5.74, 6) is -1.80. The maximum absolute atomic E-state index is 13.5. The number of sulfone groups is 1. The van der Waals surface area contributed by atoms with Gasteiger partial charge in [-0.05, 0) is 18.6 Å². The summed E-state index contributed by atoms with van der Waals surface area (Å²) >= 11 is 0. The number of halogens is 1. The first-order valence-corrected chi connectivity index (χ1v) is 10.5. The highest BCUT2D eigenvalue weighted by molar-refractivity contribution is 7.92. The average Bonchev–Trinajstić information content (AvgIpc) is 2.77. The highest BCUT2D eigenvalue weighted by Gasteiger charge is 2.37. The first-order valence-electron chi connectivity index (χ1n) is 6.80. The van der Waals surface area contributed by atoms with Crippen molar-refractivity contribution in [2.45, 2.75) is 12.5 Å². The Morgan fingerprint density at radius 1 is 1.39 bits per heavy atom. The van der Waals surface area contributed by atoms with Crippen molar-refractivity contribution in [3.05, 3.63) is 30.1 Å². The Morgan fingerprint density at radius 3 is 2.57 bits per heavy atom. The van der Waals surface area contributed by atoms with E-state index in [0.717, 1.165) is 16.6 Å². The lowest BCUT2D eigenvalue weighted by molar-refractivity contribution is -0.116. The van der Waals surface area contributed by atoms with Crippen LogP contribution in [0.5, 0.6) is 0 Å². The standard InChI is InChI=1S/C13H17FN2O5S2/c1-22(18,19)16(10-6-7-23(20,21)9-10)8-13(17)15-12-5-3-2-4-11(12)14/h2-5,10H,6-9H2,1H3,(H,15,17). The van der Waals surface area contributed by atoms with Gasteiger partial charge in [-0.25, -0.2) is 21.2 Å². The summed E-state index contributed by atoms with van der Waals surface area (Å²) in [5, 5.41) is 2.29. The summed E-state index contributed by atoms with van der Waals surface area (Å²) in [6.07, 6.45) is 1.05. The van der Waals surface area contributed by atoms with Gasteiger partial charge < -0.3 is 5.32 Å². The lowest BCUT2D eigenvalue weighted by Crippen LogP contribution is -2.45. The van der Waals surface area contributed by atoms with Gasteiger partial charge in [0.2, 0.25) is 15.9 Å². The third-order valence-electron chi connectivity index (χ3n) is 3.49. The number of nitrogens with zero attached hydrogens (tertiary/aromatic N) is 1. The molecule has 1 amide bonds. The van der Waals surface area contributed by atoms with Gasteiger partial charge in [0.05, 0.1) is 30.0 Å². The van der Waals surface area contributed by atoms with E-state index in [4.69, 9.17) is 0 Å². The van der Waals surface area contributed by atoms with Crippen molar-refractivity contribution in [2.75, 3.05) is 29.6 Å². The zero-order valence-corrected chi connectivity index (χ0v) is 14.0. The monoisotopic (exact) mass is 364 g/mol. The van der Waals surface area contributed by atoms with E-state index >= 15 is 0 Å². The van der Waals surface area contributed by atoms with Gasteiger partial charge in [0, 0.05) is 6.04 Å². The molecular weight excluding hydrogens is 347 g/mol. The number of hydrogen-bond donors (Lipinski definition) is 1. The van der Waals surface area contributed by atoms with Gasteiger partial charge in [-0.2, -0.15) is 4.31 Å². The van der Waals surface area contributed by atoms with Gasteiger partial charge in [-0.15, -0.1) is 0 Å². The van der Waals surface area contributed by atoms with E-state index in [-0.39, 0.29) is 23.6 Å². The van der Waals surface area contributed by atoms with Crippen LogP contribution in [0.3, 0.4) is 0 Å². The van der Waals surface area contributed by atoms with E-state index in [0.29, 0.717) is 0 Å². The maximum Gasteiger partial charge on any atom is 0.239 e. The molecule has 1 heterocycles. The van der Waals surface area contributed by atoms with Crippen molar-refractivity contribution >= 4 is 31.5 Å². The van der Waals surface area contributed by atoms with Gasteiger partial charge in [-0.3, -0.25) is 4.79 Å². The van der Waals surface area contributed by atoms with Crippen LogP contribution in [0.1, 0.15) is 6.42 Å². The second-order valence-electron chi connectivity index (χ2n) is 5.39. The van der Waals surface area contributed by atoms with Crippen LogP contribution in [0.15, 0.2) is 24.3 Å². The summed E-state index contributed by atoms with van der Waals surface area (Å²) in [4.78, 5) is 12.0. The molecule has 0 saturated carbocycles. The lowest BCUT2D eigenvalue weighted by atomic mass is 10.2. The Labute approximate surface area is 134 Å². The number of sulfonamides is 1. The minimum absolute atomic E-state index is 0.0648. The molecule has 23 heavy (non-hydrogen) atoms. The Morgan fingerprint density at radius 2 is 2.04 bits per heavy atom. The molecule has 1 atom stereocenters. The first-order chi connectivity index (χ1) is 10.6. The average molecular weight is 364 g/mol. The molecule has 1 fully saturated rings. The van der Waals surface area contributed by atoms with Crippen LogP contribution in [-0.4, -0.2) is 57.4 Å². The fourth-order valence-electron chi connectivity index (χ4n) is 2.41. The molecule has 2 rings (SSSR count). The number of para-hydroxylation sites is 1. The molecular formula is C13H17FN2O5S2. The fraction of sp³-hybridized carbons (Fsp3) is 0.462. The summed E-state index contributed by atoms with van der Waals surface area (Å²) in [6, 6.07) is 4.71. The molecule has 128 valence electrons. The Balaban J connectivity index is 2.13. The van der Waals surface area contributed by atoms with Gasteiger partial charge in [0.1, 0.15) is 5.82 Å². The van der Waals surface area contributed by atoms with E-state index in [2.05, 4.69) is 5.32 Å². The van der Waals surface area contributed by atoms with Crippen LogP contribution >= 0.6 is 0 Å². The molecule has 1 unspecified atom stereocenters. The number of hydrogen-bond acceptors (Lipinski definition) is 5. The quantitative estimate of drug-likeness (QED) is 0.805. The molecule has 0 spiro atoms. The number of carbonyl (C=O) groups is 1. The van der Waals surface area contributed by atoms with Crippen molar-refractivity contribution in [1.82, 2.24) is 4.31 Å². The normalized spacial score (nSPS) is 20.6. The molecule has 1 aliphatic heterocycles. The molecule has 0 aromatic heterocycles. The summed E-state index contributed by atoms with van der Waals surface area (Å²) in [7, 11) is -7.08. The molecule has 1 saturated heterocycles. The van der Waals surface area contributed by atoms with Gasteiger partial charge in [0.25, 0.3) is 0 Å². The Kier molecular flexibility index (Phi) is 5.07. The molecule has 1 aromatic rings. The zero-order chi connectivity index (χ0) is 17.3. The molecule has 0 bridgehead atoms. The van der Waals surface area contributed by atoms with E-state index in [1.165, 1.54) is 18.2 Å². The first kappa shape index (κ1) is 17.8. The van der Waals surface area contributed by atoms with Crippen LogP contribution < -0.4 is 5.32 Å². The predicted octanol–water partition coefficient (Wildman–Crippen LogP) is 0.213. The summed E-state index contributed by atoms with van der Waals surface area (Å²) < 4.78 is 61.1. The summed E-state index contributed by atoms with van der Waals surface area (Å²) in [5.41, 5.74) is -0.0648. The summed E-state index contributed by atoms with van der Waals surface area (Å²) in [6.45, 7) is -0.562. The molecule has 1 N–H and O–H groups in total. The largest absolute Gasteiger partial charge is 0.322 e. The highest BCUT2D eigenvalue weighted by atomic mass is 32.2.